The molecular weight excluding hydrogens is 324 g/mol. The number of amides is 2. The van der Waals surface area contributed by atoms with Gasteiger partial charge in [0, 0.05) is 12.8 Å². The molecule has 0 radical (unpaired) electrons. The average Bonchev–Trinajstić information content (AvgIpc) is 2.51. The molecule has 6 nitrogen and oxygen atoms in total. The Morgan fingerprint density at radius 2 is 2.27 bits per heavy atom. The summed E-state index contributed by atoms with van der Waals surface area (Å²) in [5.74, 6) is 0.374. The Balaban J connectivity index is 2.14. The molecule has 2 heterocycles. The highest BCUT2D eigenvalue weighted by Gasteiger charge is 2.12. The predicted molar refractivity (Wildman–Crippen MR) is 88.7 cm³/mol. The summed E-state index contributed by atoms with van der Waals surface area (Å²) >= 11 is 7.57. The monoisotopic (exact) mass is 338 g/mol. The number of aromatic nitrogens is 2. The van der Waals surface area contributed by atoms with E-state index in [0.717, 1.165) is 5.56 Å². The van der Waals surface area contributed by atoms with Crippen LogP contribution in [0.3, 0.4) is 0 Å². The van der Waals surface area contributed by atoms with Gasteiger partial charge in [0.1, 0.15) is 10.8 Å². The van der Waals surface area contributed by atoms with Crippen molar-refractivity contribution in [1.82, 2.24) is 9.97 Å². The van der Waals surface area contributed by atoms with E-state index in [1.807, 2.05) is 6.26 Å². The second-order valence-corrected chi connectivity index (χ2v) is 5.46. The number of anilines is 2. The van der Waals surface area contributed by atoms with Crippen molar-refractivity contribution in [2.45, 2.75) is 11.4 Å². The Labute approximate surface area is 137 Å². The minimum atomic E-state index is -0.426. The molecule has 22 heavy (non-hydrogen) atoms. The van der Waals surface area contributed by atoms with Crippen molar-refractivity contribution in [3.8, 4) is 0 Å². The number of nitrogens with zero attached hydrogens (tertiary/aromatic N) is 2. The highest BCUT2D eigenvalue weighted by Crippen LogP contribution is 2.29. The molecule has 0 aliphatic heterocycles. The van der Waals surface area contributed by atoms with Gasteiger partial charge in [-0.15, -0.1) is 11.8 Å². The van der Waals surface area contributed by atoms with Gasteiger partial charge >= 0.3 is 6.03 Å². The van der Waals surface area contributed by atoms with Gasteiger partial charge in [0.2, 0.25) is 0 Å². The molecule has 0 saturated heterocycles. The highest BCUT2D eigenvalue weighted by atomic mass is 35.5. The van der Waals surface area contributed by atoms with Crippen molar-refractivity contribution < 1.29 is 9.90 Å². The van der Waals surface area contributed by atoms with E-state index < -0.39 is 6.03 Å². The number of aliphatic hydroxyl groups is 1. The second-order valence-electron chi connectivity index (χ2n) is 4.28. The summed E-state index contributed by atoms with van der Waals surface area (Å²) in [6.45, 7) is -0.0289. The largest absolute Gasteiger partial charge is 0.396 e. The molecule has 0 aromatic carbocycles. The van der Waals surface area contributed by atoms with E-state index in [-0.39, 0.29) is 6.61 Å². The lowest BCUT2D eigenvalue weighted by Crippen LogP contribution is -2.20. The average molecular weight is 339 g/mol. The predicted octanol–water partition coefficient (Wildman–Crippen LogP) is 3.03. The Bertz CT molecular complexity index is 655. The number of hydrogen-bond donors (Lipinski definition) is 3. The lowest BCUT2D eigenvalue weighted by atomic mass is 10.2. The Kier molecular flexibility index (Phi) is 6.00. The first kappa shape index (κ1) is 16.5. The first-order valence-electron chi connectivity index (χ1n) is 6.46. The molecular formula is C14H15ClN4O2S. The van der Waals surface area contributed by atoms with E-state index in [9.17, 15) is 4.79 Å². The van der Waals surface area contributed by atoms with Gasteiger partial charge in [0.15, 0.2) is 0 Å². The fourth-order valence-electron chi connectivity index (χ4n) is 1.77. The van der Waals surface area contributed by atoms with Gasteiger partial charge in [-0.2, -0.15) is 0 Å². The highest BCUT2D eigenvalue weighted by molar-refractivity contribution is 7.98. The first-order chi connectivity index (χ1) is 10.6. The number of nitrogens with one attached hydrogen (secondary N) is 2. The number of rotatable bonds is 5. The van der Waals surface area contributed by atoms with Crippen LogP contribution in [0.5, 0.6) is 0 Å². The second kappa shape index (κ2) is 7.98. The van der Waals surface area contributed by atoms with E-state index in [2.05, 4.69) is 20.6 Å². The molecule has 0 atom stereocenters. The maximum absolute atomic E-state index is 12.0. The Morgan fingerprint density at radius 3 is 2.91 bits per heavy atom. The van der Waals surface area contributed by atoms with Crippen molar-refractivity contribution in [3.05, 3.63) is 41.2 Å². The SMILES string of the molecule is CSc1nc(NC(=O)Nc2cccnc2)cc(CCO)c1Cl. The fraction of sp³-hybridized carbons (Fsp3) is 0.214. The van der Waals surface area contributed by atoms with Gasteiger partial charge in [-0.1, -0.05) is 11.6 Å². The number of hydrogen-bond acceptors (Lipinski definition) is 5. The summed E-state index contributed by atoms with van der Waals surface area (Å²) in [6, 6.07) is 4.68. The lowest BCUT2D eigenvalue weighted by molar-refractivity contribution is 0.262. The van der Waals surface area contributed by atoms with Crippen molar-refractivity contribution in [3.63, 3.8) is 0 Å². The number of carbonyl (C=O) groups is 1. The Hall–Kier alpha value is -1.83. The van der Waals surface area contributed by atoms with E-state index in [1.54, 1.807) is 30.6 Å². The molecule has 8 heteroatoms. The minimum Gasteiger partial charge on any atom is -0.396 e. The standard InChI is InChI=1S/C14H15ClN4O2S/c1-22-13-12(15)9(4-6-20)7-11(18-13)19-14(21)17-10-3-2-5-16-8-10/h2-3,5,7-8,20H,4,6H2,1H3,(H2,17,18,19,21). The lowest BCUT2D eigenvalue weighted by Gasteiger charge is -2.11. The van der Waals surface area contributed by atoms with Crippen LogP contribution in [-0.4, -0.2) is 34.0 Å². The van der Waals surface area contributed by atoms with Crippen LogP contribution in [0.2, 0.25) is 5.02 Å². The summed E-state index contributed by atoms with van der Waals surface area (Å²) in [6.07, 6.45) is 5.40. The van der Waals surface area contributed by atoms with Gasteiger partial charge in [0.25, 0.3) is 0 Å². The van der Waals surface area contributed by atoms with Crippen molar-refractivity contribution in [1.29, 1.82) is 0 Å². The zero-order chi connectivity index (χ0) is 15.9. The molecule has 2 aromatic heterocycles. The maximum atomic E-state index is 12.0. The maximum Gasteiger partial charge on any atom is 0.324 e. The minimum absolute atomic E-state index is 0.0289. The Morgan fingerprint density at radius 1 is 1.45 bits per heavy atom. The van der Waals surface area contributed by atoms with E-state index >= 15 is 0 Å². The van der Waals surface area contributed by atoms with Crippen LogP contribution in [-0.2, 0) is 6.42 Å². The van der Waals surface area contributed by atoms with E-state index in [1.165, 1.54) is 11.8 Å². The van der Waals surface area contributed by atoms with E-state index in [4.69, 9.17) is 16.7 Å². The number of carbonyl (C=O) groups excluding carboxylic acids is 1. The summed E-state index contributed by atoms with van der Waals surface area (Å²) in [5, 5.41) is 15.5. The number of thioether (sulfide) groups is 1. The first-order valence-corrected chi connectivity index (χ1v) is 8.06. The topological polar surface area (TPSA) is 87.1 Å². The summed E-state index contributed by atoms with van der Waals surface area (Å²) in [4.78, 5) is 20.1. The molecule has 2 amide bonds. The molecule has 0 spiro atoms. The summed E-state index contributed by atoms with van der Waals surface area (Å²) in [5.41, 5.74) is 1.31. The molecule has 116 valence electrons. The van der Waals surface area contributed by atoms with Crippen molar-refractivity contribution in [2.75, 3.05) is 23.5 Å². The molecule has 0 aliphatic rings. The molecule has 3 N–H and O–H groups in total. The summed E-state index contributed by atoms with van der Waals surface area (Å²) < 4.78 is 0. The van der Waals surface area contributed by atoms with Gasteiger partial charge in [0.05, 0.1) is 16.9 Å². The van der Waals surface area contributed by atoms with Gasteiger partial charge < -0.3 is 10.4 Å². The smallest absolute Gasteiger partial charge is 0.324 e. The van der Waals surface area contributed by atoms with Crippen LogP contribution in [0, 0.1) is 0 Å². The number of halogens is 1. The molecule has 0 aliphatic carbocycles. The molecule has 0 unspecified atom stereocenters. The fourth-order valence-corrected chi connectivity index (χ4v) is 2.70. The molecule has 2 aromatic rings. The van der Waals surface area contributed by atoms with Gasteiger partial charge in [-0.05, 0) is 36.4 Å². The van der Waals surface area contributed by atoms with E-state index in [0.29, 0.717) is 28.0 Å². The van der Waals surface area contributed by atoms with Crippen molar-refractivity contribution in [2.24, 2.45) is 0 Å². The third-order valence-electron chi connectivity index (χ3n) is 2.74. The third kappa shape index (κ3) is 4.33. The normalized spacial score (nSPS) is 10.3. The zero-order valence-corrected chi connectivity index (χ0v) is 13.4. The molecule has 2 rings (SSSR count). The number of urea groups is 1. The van der Waals surface area contributed by atoms with Crippen LogP contribution >= 0.6 is 23.4 Å². The number of pyridine rings is 2. The third-order valence-corrected chi connectivity index (χ3v) is 3.95. The van der Waals surface area contributed by atoms with Crippen LogP contribution in [0.4, 0.5) is 16.3 Å². The zero-order valence-electron chi connectivity index (χ0n) is 11.8. The summed E-state index contributed by atoms with van der Waals surface area (Å²) in [7, 11) is 0. The van der Waals surface area contributed by atoms with Crippen LogP contribution < -0.4 is 10.6 Å². The van der Waals surface area contributed by atoms with Crippen molar-refractivity contribution >= 4 is 40.9 Å². The van der Waals surface area contributed by atoms with Crippen LogP contribution in [0.25, 0.3) is 0 Å². The van der Waals surface area contributed by atoms with Gasteiger partial charge in [-0.3, -0.25) is 10.3 Å². The van der Waals surface area contributed by atoms with Gasteiger partial charge in [-0.25, -0.2) is 9.78 Å². The molecule has 0 saturated carbocycles. The number of aliphatic hydroxyl groups excluding tert-OH is 1. The quantitative estimate of drug-likeness (QED) is 0.729. The molecule has 0 fully saturated rings. The van der Waals surface area contributed by atoms with Crippen LogP contribution in [0.15, 0.2) is 35.6 Å². The molecule has 0 bridgehead atoms. The van der Waals surface area contributed by atoms with Crippen LogP contribution in [0.1, 0.15) is 5.56 Å².